The fourth-order valence-corrected chi connectivity index (χ4v) is 3.89. The number of alkyl carbamates (subject to hydrolysis) is 1. The number of aliphatic hydroxyl groups excluding tert-OH is 1. The van der Waals surface area contributed by atoms with Crippen LogP contribution < -0.4 is 10.7 Å². The second kappa shape index (κ2) is 15.7. The summed E-state index contributed by atoms with van der Waals surface area (Å²) in [5, 5.41) is 25.1. The molecule has 2 amide bonds. The maximum absolute atomic E-state index is 14.3. The molecule has 2 aromatic carbocycles. The molecular weight excluding hydrogens is 591 g/mol. The third-order valence-electron chi connectivity index (χ3n) is 5.98. The number of amides is 2. The molecule has 230 valence electrons. The minimum absolute atomic E-state index is 0.000204. The average Bonchev–Trinajstić information content (AvgIpc) is 3.52. The molecule has 1 aliphatic rings. The molecule has 1 aliphatic heterocycles. The Balaban J connectivity index is 1.63. The second-order valence-electron chi connectivity index (χ2n) is 9.50. The molecule has 0 spiro atoms. The fourth-order valence-electron chi connectivity index (χ4n) is 3.72. The van der Waals surface area contributed by atoms with E-state index in [1.165, 1.54) is 23.2 Å². The topological polar surface area (TPSA) is 181 Å². The first kappa shape index (κ1) is 33.0. The Labute approximate surface area is 250 Å². The minimum Gasteiger partial charge on any atom is -0.453 e. The van der Waals surface area contributed by atoms with Gasteiger partial charge >= 0.3 is 18.0 Å². The highest BCUT2D eigenvalue weighted by Crippen LogP contribution is 2.26. The van der Waals surface area contributed by atoms with Gasteiger partial charge in [0.05, 0.1) is 13.7 Å². The summed E-state index contributed by atoms with van der Waals surface area (Å²) < 4.78 is 28.5. The summed E-state index contributed by atoms with van der Waals surface area (Å²) in [7, 11) is 1.13. The number of benzene rings is 2. The van der Waals surface area contributed by atoms with E-state index in [1.807, 2.05) is 0 Å². The highest BCUT2D eigenvalue weighted by Gasteiger charge is 2.28. The van der Waals surface area contributed by atoms with Crippen LogP contribution >= 0.6 is 11.6 Å². The van der Waals surface area contributed by atoms with Crippen LogP contribution in [0.5, 0.6) is 0 Å². The number of hydrogen-bond donors (Lipinski definition) is 3. The fraction of sp³-hybridized carbons (Fsp3) is 0.370. The van der Waals surface area contributed by atoms with Crippen molar-refractivity contribution in [2.24, 2.45) is 21.4 Å². The van der Waals surface area contributed by atoms with Crippen LogP contribution in [0, 0.1) is 11.7 Å². The quantitative estimate of drug-likeness (QED) is 0.172. The number of carbonyl (C=O) groups excluding carboxylic acids is 4. The van der Waals surface area contributed by atoms with E-state index in [0.29, 0.717) is 21.7 Å². The summed E-state index contributed by atoms with van der Waals surface area (Å²) >= 11 is 6.00. The normalized spacial score (nSPS) is 13.7. The van der Waals surface area contributed by atoms with Gasteiger partial charge in [0.1, 0.15) is 18.4 Å². The molecule has 0 saturated carbocycles. The molecule has 0 aliphatic carbocycles. The Morgan fingerprint density at radius 2 is 1.79 bits per heavy atom. The lowest BCUT2D eigenvalue weighted by molar-refractivity contribution is -0.176. The molecule has 0 saturated heterocycles. The lowest BCUT2D eigenvalue weighted by atomic mass is 10.0. The van der Waals surface area contributed by atoms with Gasteiger partial charge in [0.15, 0.2) is 11.8 Å². The first-order valence-electron chi connectivity index (χ1n) is 12.9. The van der Waals surface area contributed by atoms with E-state index in [0.717, 1.165) is 7.11 Å². The maximum Gasteiger partial charge on any atom is 0.407 e. The summed E-state index contributed by atoms with van der Waals surface area (Å²) in [6.07, 6.45) is -2.63. The lowest BCUT2D eigenvalue weighted by Crippen LogP contribution is -2.50. The Kier molecular flexibility index (Phi) is 12.0. The van der Waals surface area contributed by atoms with Crippen LogP contribution in [0.3, 0.4) is 0 Å². The van der Waals surface area contributed by atoms with E-state index in [-0.39, 0.29) is 24.7 Å². The number of hydrazine groups is 1. The smallest absolute Gasteiger partial charge is 0.407 e. The summed E-state index contributed by atoms with van der Waals surface area (Å²) in [6, 6.07) is 9.78. The summed E-state index contributed by atoms with van der Waals surface area (Å²) in [4.78, 5) is 48.9. The average molecular weight is 621 g/mol. The van der Waals surface area contributed by atoms with Gasteiger partial charge in [-0.1, -0.05) is 49.7 Å². The number of aliphatic hydroxyl groups is 1. The molecule has 3 rings (SSSR count). The van der Waals surface area contributed by atoms with Crippen LogP contribution in [-0.2, 0) is 35.1 Å². The molecule has 0 unspecified atom stereocenters. The molecule has 0 fully saturated rings. The van der Waals surface area contributed by atoms with E-state index in [4.69, 9.17) is 21.1 Å². The van der Waals surface area contributed by atoms with E-state index < -0.39 is 55.2 Å². The van der Waals surface area contributed by atoms with Crippen LogP contribution in [0.4, 0.5) is 9.18 Å². The molecule has 1 heterocycles. The number of rotatable bonds is 13. The predicted molar refractivity (Wildman–Crippen MR) is 150 cm³/mol. The lowest BCUT2D eigenvalue weighted by Gasteiger charge is -2.25. The third kappa shape index (κ3) is 9.80. The molecule has 2 aromatic rings. The van der Waals surface area contributed by atoms with Crippen LogP contribution in [0.2, 0.25) is 5.02 Å². The SMILES string of the molecule is COC(=O)N[C@H](C(=O)OCOC(=O)[C@H](O)CN(Cc1ccc(-c2cc(Cl)ccc2F)cc1)NC(=O)C1=NN=NC1)C(C)C. The molecule has 3 N–H and O–H groups in total. The van der Waals surface area contributed by atoms with Crippen LogP contribution in [0.1, 0.15) is 19.4 Å². The molecular formula is C27H30ClFN6O8. The molecule has 0 bridgehead atoms. The predicted octanol–water partition coefficient (Wildman–Crippen LogP) is 2.59. The third-order valence-corrected chi connectivity index (χ3v) is 6.22. The van der Waals surface area contributed by atoms with Crippen LogP contribution in [0.15, 0.2) is 57.9 Å². The largest absolute Gasteiger partial charge is 0.453 e. The molecule has 0 radical (unpaired) electrons. The maximum atomic E-state index is 14.3. The van der Waals surface area contributed by atoms with Crippen molar-refractivity contribution in [2.75, 3.05) is 27.0 Å². The standard InChI is InChI=1S/C27H30ClFN6O8/c1-15(2)23(31-27(40)41-3)26(39)43-14-42-25(38)22(36)13-35(33-24(37)21-11-30-34-32-21)12-16-4-6-17(7-5-16)19-10-18(28)8-9-20(19)29/h4-10,15,22-23,36H,11-14H2,1-3H3,(H,31,40)(H,33,37)/t22-,23+/m1/s1. The number of hydrogen-bond acceptors (Lipinski definition) is 12. The summed E-state index contributed by atoms with van der Waals surface area (Å²) in [5.41, 5.74) is 4.04. The highest BCUT2D eigenvalue weighted by molar-refractivity contribution is 6.39. The van der Waals surface area contributed by atoms with Crippen molar-refractivity contribution >= 4 is 41.3 Å². The Bertz CT molecular complexity index is 1390. The number of nitrogens with zero attached hydrogens (tertiary/aromatic N) is 4. The van der Waals surface area contributed by atoms with Crippen molar-refractivity contribution in [2.45, 2.75) is 32.5 Å². The van der Waals surface area contributed by atoms with Gasteiger partial charge in [-0.15, -0.1) is 5.10 Å². The molecule has 0 aromatic heterocycles. The van der Waals surface area contributed by atoms with Gasteiger partial charge in [0.2, 0.25) is 6.79 Å². The van der Waals surface area contributed by atoms with Crippen molar-refractivity contribution < 1.29 is 42.9 Å². The summed E-state index contributed by atoms with van der Waals surface area (Å²) in [5.74, 6) is -3.51. The van der Waals surface area contributed by atoms with Crippen molar-refractivity contribution in [3.05, 3.63) is 58.9 Å². The zero-order chi connectivity index (χ0) is 31.5. The van der Waals surface area contributed by atoms with E-state index in [2.05, 4.69) is 30.9 Å². The van der Waals surface area contributed by atoms with Crippen LogP contribution in [-0.4, -0.2) is 78.9 Å². The Morgan fingerprint density at radius 3 is 2.42 bits per heavy atom. The monoisotopic (exact) mass is 620 g/mol. The van der Waals surface area contributed by atoms with E-state index in [1.54, 1.807) is 38.1 Å². The number of methoxy groups -OCH3 is 1. The van der Waals surface area contributed by atoms with Gasteiger partial charge in [-0.05, 0) is 40.5 Å². The minimum atomic E-state index is -1.78. The zero-order valence-electron chi connectivity index (χ0n) is 23.5. The van der Waals surface area contributed by atoms with Crippen molar-refractivity contribution in [3.8, 4) is 11.1 Å². The van der Waals surface area contributed by atoms with Crippen molar-refractivity contribution in [3.63, 3.8) is 0 Å². The first-order chi connectivity index (χ1) is 20.5. The number of carbonyl (C=O) groups is 4. The second-order valence-corrected chi connectivity index (χ2v) is 9.93. The Hall–Kier alpha value is -4.47. The van der Waals surface area contributed by atoms with Crippen LogP contribution in [0.25, 0.3) is 11.1 Å². The first-order valence-corrected chi connectivity index (χ1v) is 13.3. The van der Waals surface area contributed by atoms with Gasteiger partial charge in [0.25, 0.3) is 5.91 Å². The molecule has 43 heavy (non-hydrogen) atoms. The molecule has 16 heteroatoms. The van der Waals surface area contributed by atoms with Gasteiger partial charge in [0, 0.05) is 17.1 Å². The van der Waals surface area contributed by atoms with Gasteiger partial charge in [-0.3, -0.25) is 10.2 Å². The van der Waals surface area contributed by atoms with Gasteiger partial charge in [-0.25, -0.2) is 23.8 Å². The van der Waals surface area contributed by atoms with Gasteiger partial charge in [-0.2, -0.15) is 5.11 Å². The van der Waals surface area contributed by atoms with Crippen molar-refractivity contribution in [1.82, 2.24) is 15.8 Å². The highest BCUT2D eigenvalue weighted by atomic mass is 35.5. The van der Waals surface area contributed by atoms with E-state index in [9.17, 15) is 28.7 Å². The number of nitrogens with one attached hydrogen (secondary N) is 2. The molecule has 14 nitrogen and oxygen atoms in total. The number of halogens is 2. The molecule has 2 atom stereocenters. The number of esters is 2. The zero-order valence-corrected chi connectivity index (χ0v) is 24.2. The van der Waals surface area contributed by atoms with Crippen molar-refractivity contribution in [1.29, 1.82) is 0 Å². The number of ether oxygens (including phenoxy) is 3. The van der Waals surface area contributed by atoms with Gasteiger partial charge < -0.3 is 24.6 Å². The summed E-state index contributed by atoms with van der Waals surface area (Å²) in [6.45, 7) is 1.99. The Morgan fingerprint density at radius 1 is 1.09 bits per heavy atom. The van der Waals surface area contributed by atoms with E-state index >= 15 is 0 Å².